The van der Waals surface area contributed by atoms with E-state index in [9.17, 15) is 4.79 Å². The van der Waals surface area contributed by atoms with Crippen molar-refractivity contribution in [1.82, 2.24) is 5.32 Å². The summed E-state index contributed by atoms with van der Waals surface area (Å²) in [6.07, 6.45) is 1.03. The molecule has 0 saturated carbocycles. The number of nitrogens with zero attached hydrogens (tertiary/aromatic N) is 2. The number of urea groups is 1. The summed E-state index contributed by atoms with van der Waals surface area (Å²) in [4.78, 5) is 17.1. The summed E-state index contributed by atoms with van der Waals surface area (Å²) >= 11 is 0. The van der Waals surface area contributed by atoms with Crippen LogP contribution in [-0.4, -0.2) is 33.2 Å². The molecular formula is C26H30N4O. The summed E-state index contributed by atoms with van der Waals surface area (Å²) in [6, 6.07) is 24.8. The number of fused-ring (bicyclic) bond motifs is 1. The number of carbonyl (C=O) groups excluding carboxylic acids is 1. The first kappa shape index (κ1) is 20.8. The first-order chi connectivity index (χ1) is 15.0. The molecule has 3 aromatic carbocycles. The smallest absolute Gasteiger partial charge is 0.319 e. The number of rotatable bonds is 6. The minimum absolute atomic E-state index is 0.0589. The molecule has 1 aliphatic heterocycles. The van der Waals surface area contributed by atoms with Gasteiger partial charge in [0, 0.05) is 44.2 Å². The Balaban J connectivity index is 1.52. The SMILES string of the molecule is Cc1ccc(NC(=O)NC[C@H](c2ccc(N(C)C)cc2)N2CCc3ccccc32)cc1. The van der Waals surface area contributed by atoms with Crippen molar-refractivity contribution in [2.24, 2.45) is 0 Å². The number of nitrogens with one attached hydrogen (secondary N) is 2. The zero-order valence-corrected chi connectivity index (χ0v) is 18.4. The number of carbonyl (C=O) groups is 1. The average molecular weight is 415 g/mol. The van der Waals surface area contributed by atoms with Crippen molar-refractivity contribution in [2.45, 2.75) is 19.4 Å². The standard InChI is InChI=1S/C26H30N4O/c1-19-8-12-22(13-9-19)28-26(31)27-18-25(21-10-14-23(15-11-21)29(2)3)30-17-16-20-6-4-5-7-24(20)30/h4-15,25H,16-18H2,1-3H3,(H2,27,28,31)/t25-/m1/s1. The molecule has 0 spiro atoms. The Kier molecular flexibility index (Phi) is 6.12. The lowest BCUT2D eigenvalue weighted by Crippen LogP contribution is -2.39. The van der Waals surface area contributed by atoms with Crippen molar-refractivity contribution in [2.75, 3.05) is 42.3 Å². The topological polar surface area (TPSA) is 47.6 Å². The van der Waals surface area contributed by atoms with Gasteiger partial charge in [-0.3, -0.25) is 0 Å². The number of anilines is 3. The van der Waals surface area contributed by atoms with Crippen LogP contribution in [0.5, 0.6) is 0 Å². The first-order valence-electron chi connectivity index (χ1n) is 10.7. The van der Waals surface area contributed by atoms with Gasteiger partial charge in [-0.25, -0.2) is 4.79 Å². The van der Waals surface area contributed by atoms with Gasteiger partial charge in [-0.05, 0) is 54.8 Å². The van der Waals surface area contributed by atoms with Gasteiger partial charge in [-0.15, -0.1) is 0 Å². The lowest BCUT2D eigenvalue weighted by Gasteiger charge is -2.31. The van der Waals surface area contributed by atoms with E-state index in [1.807, 2.05) is 45.3 Å². The van der Waals surface area contributed by atoms with Crippen LogP contribution in [0.2, 0.25) is 0 Å². The summed E-state index contributed by atoms with van der Waals surface area (Å²) in [6.45, 7) is 3.50. The van der Waals surface area contributed by atoms with Crippen LogP contribution in [0.4, 0.5) is 21.9 Å². The number of hydrogen-bond acceptors (Lipinski definition) is 3. The molecule has 0 bridgehead atoms. The van der Waals surface area contributed by atoms with E-state index in [1.54, 1.807) is 0 Å². The fraction of sp³-hybridized carbons (Fsp3) is 0.269. The fourth-order valence-corrected chi connectivity index (χ4v) is 4.09. The van der Waals surface area contributed by atoms with Crippen molar-refractivity contribution < 1.29 is 4.79 Å². The Morgan fingerprint density at radius 3 is 2.42 bits per heavy atom. The molecule has 5 nitrogen and oxygen atoms in total. The Labute approximate surface area is 184 Å². The Hall–Kier alpha value is -3.47. The highest BCUT2D eigenvalue weighted by atomic mass is 16.2. The molecule has 1 aliphatic rings. The normalized spacial score (nSPS) is 13.5. The van der Waals surface area contributed by atoms with Crippen LogP contribution in [0.25, 0.3) is 0 Å². The maximum Gasteiger partial charge on any atom is 0.319 e. The maximum atomic E-state index is 12.6. The summed E-state index contributed by atoms with van der Waals surface area (Å²) in [5.41, 5.74) is 6.93. The summed E-state index contributed by atoms with van der Waals surface area (Å²) < 4.78 is 0. The molecule has 3 aromatic rings. The molecule has 0 aromatic heterocycles. The van der Waals surface area contributed by atoms with Gasteiger partial charge < -0.3 is 20.4 Å². The Morgan fingerprint density at radius 1 is 1.00 bits per heavy atom. The molecule has 4 rings (SSSR count). The molecular weight excluding hydrogens is 384 g/mol. The molecule has 2 amide bonds. The number of para-hydroxylation sites is 1. The largest absolute Gasteiger partial charge is 0.378 e. The van der Waals surface area contributed by atoms with Gasteiger partial charge in [-0.1, -0.05) is 48.0 Å². The molecule has 1 heterocycles. The zero-order chi connectivity index (χ0) is 21.8. The van der Waals surface area contributed by atoms with Gasteiger partial charge >= 0.3 is 6.03 Å². The number of hydrogen-bond donors (Lipinski definition) is 2. The van der Waals surface area contributed by atoms with Gasteiger partial charge in [0.15, 0.2) is 0 Å². The third kappa shape index (κ3) is 4.82. The van der Waals surface area contributed by atoms with Crippen molar-refractivity contribution in [3.8, 4) is 0 Å². The zero-order valence-electron chi connectivity index (χ0n) is 18.4. The molecule has 1 atom stereocenters. The highest BCUT2D eigenvalue weighted by Gasteiger charge is 2.27. The van der Waals surface area contributed by atoms with E-state index in [1.165, 1.54) is 22.4 Å². The van der Waals surface area contributed by atoms with E-state index in [0.29, 0.717) is 6.54 Å². The molecule has 5 heteroatoms. The van der Waals surface area contributed by atoms with E-state index in [4.69, 9.17) is 0 Å². The molecule has 2 N–H and O–H groups in total. The van der Waals surface area contributed by atoms with Crippen LogP contribution in [-0.2, 0) is 6.42 Å². The molecule has 0 fully saturated rings. The van der Waals surface area contributed by atoms with Crippen LogP contribution in [0.3, 0.4) is 0 Å². The highest BCUT2D eigenvalue weighted by molar-refractivity contribution is 5.89. The Morgan fingerprint density at radius 2 is 1.71 bits per heavy atom. The maximum absolute atomic E-state index is 12.6. The van der Waals surface area contributed by atoms with Gasteiger partial charge in [0.05, 0.1) is 6.04 Å². The van der Waals surface area contributed by atoms with Crippen LogP contribution in [0, 0.1) is 6.92 Å². The lowest BCUT2D eigenvalue weighted by molar-refractivity contribution is 0.251. The van der Waals surface area contributed by atoms with Gasteiger partial charge in [-0.2, -0.15) is 0 Å². The van der Waals surface area contributed by atoms with Crippen LogP contribution in [0.1, 0.15) is 22.7 Å². The highest BCUT2D eigenvalue weighted by Crippen LogP contribution is 2.35. The minimum atomic E-state index is -0.189. The third-order valence-corrected chi connectivity index (χ3v) is 5.86. The van der Waals surface area contributed by atoms with Crippen LogP contribution >= 0.6 is 0 Å². The van der Waals surface area contributed by atoms with Crippen LogP contribution < -0.4 is 20.4 Å². The molecule has 160 valence electrons. The van der Waals surface area contributed by atoms with Crippen molar-refractivity contribution in [3.05, 3.63) is 89.5 Å². The second-order valence-corrected chi connectivity index (χ2v) is 8.27. The van der Waals surface area contributed by atoms with E-state index in [2.05, 4.69) is 69.0 Å². The summed E-state index contributed by atoms with van der Waals surface area (Å²) in [5.74, 6) is 0. The average Bonchev–Trinajstić information content (AvgIpc) is 3.20. The van der Waals surface area contributed by atoms with E-state index >= 15 is 0 Å². The van der Waals surface area contributed by atoms with Crippen LogP contribution in [0.15, 0.2) is 72.8 Å². The quantitative estimate of drug-likeness (QED) is 0.598. The monoisotopic (exact) mass is 414 g/mol. The molecule has 0 saturated heterocycles. The van der Waals surface area contributed by atoms with Crippen molar-refractivity contribution >= 4 is 23.1 Å². The number of aryl methyl sites for hydroxylation is 1. The summed E-state index contributed by atoms with van der Waals surface area (Å²) in [7, 11) is 4.08. The second kappa shape index (κ2) is 9.13. The lowest BCUT2D eigenvalue weighted by atomic mass is 10.0. The first-order valence-corrected chi connectivity index (χ1v) is 10.7. The third-order valence-electron chi connectivity index (χ3n) is 5.86. The van der Waals surface area contributed by atoms with Gasteiger partial charge in [0.25, 0.3) is 0 Å². The molecule has 31 heavy (non-hydrogen) atoms. The fourth-order valence-electron chi connectivity index (χ4n) is 4.09. The van der Waals surface area contributed by atoms with E-state index in [0.717, 1.165) is 24.3 Å². The predicted molar refractivity (Wildman–Crippen MR) is 129 cm³/mol. The summed E-state index contributed by atoms with van der Waals surface area (Å²) in [5, 5.41) is 6.02. The minimum Gasteiger partial charge on any atom is -0.378 e. The number of benzene rings is 3. The van der Waals surface area contributed by atoms with E-state index in [-0.39, 0.29) is 12.1 Å². The van der Waals surface area contributed by atoms with E-state index < -0.39 is 0 Å². The number of amides is 2. The van der Waals surface area contributed by atoms with Crippen molar-refractivity contribution in [3.63, 3.8) is 0 Å². The Bertz CT molecular complexity index is 1030. The molecule has 0 aliphatic carbocycles. The second-order valence-electron chi connectivity index (χ2n) is 8.27. The molecule has 0 radical (unpaired) electrons. The van der Waals surface area contributed by atoms with Crippen molar-refractivity contribution in [1.29, 1.82) is 0 Å². The molecule has 0 unspecified atom stereocenters. The van der Waals surface area contributed by atoms with Gasteiger partial charge in [0.1, 0.15) is 0 Å². The predicted octanol–water partition coefficient (Wildman–Crippen LogP) is 4.99. The van der Waals surface area contributed by atoms with Gasteiger partial charge in [0.2, 0.25) is 0 Å².